The van der Waals surface area contributed by atoms with E-state index in [0.29, 0.717) is 5.56 Å². The minimum Gasteiger partial charge on any atom is -1.00 e. The number of fused-ring (bicyclic) bond motifs is 1. The van der Waals surface area contributed by atoms with Crippen LogP contribution in [0.1, 0.15) is 19.2 Å². The van der Waals surface area contributed by atoms with Crippen LogP contribution in [0.2, 0.25) is 0 Å². The molecule has 173 valence electrons. The summed E-state index contributed by atoms with van der Waals surface area (Å²) in [6, 6.07) is 13.0. The fourth-order valence-electron chi connectivity index (χ4n) is 1.50. The molecule has 0 aliphatic carbocycles. The van der Waals surface area contributed by atoms with E-state index in [-0.39, 0.29) is 79.5 Å². The van der Waals surface area contributed by atoms with Gasteiger partial charge < -0.3 is 1.43 Å². The van der Waals surface area contributed by atoms with E-state index in [0.717, 1.165) is 30.5 Å². The molecule has 2 aromatic rings. The number of halogens is 7. The molecule has 0 fully saturated rings. The monoisotopic (exact) mass is 755 g/mol. The van der Waals surface area contributed by atoms with Crippen molar-refractivity contribution < 1.29 is 72.0 Å². The molecule has 0 aromatic heterocycles. The van der Waals surface area contributed by atoms with Crippen LogP contribution in [0.15, 0.2) is 61.2 Å². The Balaban J connectivity index is -0.000000114. The SMILES string of the molecule is C.O=C(Cl)C(=O)Cl.O=C1Sc2cc(Br)ccc2C1=O.Sc1cccc(Br)c1.[B].[Cl][Al]([Cl])[Cl].[H-].[K+]. The maximum Gasteiger partial charge on any atom is 1.00 e. The minimum atomic E-state index is -1.72. The molecule has 3 radical (unpaired) electrons. The second kappa shape index (κ2) is 23.6. The first-order valence-corrected chi connectivity index (χ1v) is 16.0. The number of benzene rings is 2. The average Bonchev–Trinajstić information content (AvgIpc) is 2.88. The molecular formula is C17H13AlBBr2Cl5KO4S2. The van der Waals surface area contributed by atoms with Gasteiger partial charge in [0.15, 0.2) is 0 Å². The van der Waals surface area contributed by atoms with Crippen molar-refractivity contribution in [3.63, 3.8) is 0 Å². The van der Waals surface area contributed by atoms with E-state index in [1.54, 1.807) is 18.2 Å². The number of carbonyl (C=O) groups excluding carboxylic acids is 4. The summed E-state index contributed by atoms with van der Waals surface area (Å²) in [5.74, 6) is -0.387. The summed E-state index contributed by atoms with van der Waals surface area (Å²) in [5.41, 5.74) is 0.521. The van der Waals surface area contributed by atoms with Gasteiger partial charge in [-0.15, -0.1) is 12.6 Å². The van der Waals surface area contributed by atoms with E-state index in [1.165, 1.54) is 0 Å². The predicted octanol–water partition coefficient (Wildman–Crippen LogP) is 4.58. The van der Waals surface area contributed by atoms with Gasteiger partial charge in [0.1, 0.15) is 0 Å². The Labute approximate surface area is 292 Å². The summed E-state index contributed by atoms with van der Waals surface area (Å²) in [7, 11) is 14.8. The van der Waals surface area contributed by atoms with Crippen LogP contribution in [-0.4, -0.2) is 41.2 Å². The van der Waals surface area contributed by atoms with E-state index in [4.69, 9.17) is 30.1 Å². The van der Waals surface area contributed by atoms with Crippen LogP contribution < -0.4 is 51.4 Å². The Morgan fingerprint density at radius 3 is 1.76 bits per heavy atom. The largest absolute Gasteiger partial charge is 1.00 e. The van der Waals surface area contributed by atoms with Crippen LogP contribution in [0.25, 0.3) is 0 Å². The number of rotatable bonds is 1. The van der Waals surface area contributed by atoms with Crippen LogP contribution in [0.3, 0.4) is 0 Å². The van der Waals surface area contributed by atoms with Gasteiger partial charge in [-0.05, 0) is 71.4 Å². The quantitative estimate of drug-likeness (QED) is 0.200. The maximum absolute atomic E-state index is 11.1. The molecule has 2 aromatic carbocycles. The number of thioether (sulfide) groups is 1. The van der Waals surface area contributed by atoms with Crippen molar-refractivity contribution in [1.82, 2.24) is 0 Å². The van der Waals surface area contributed by atoms with Crippen molar-refractivity contribution in [3.05, 3.63) is 57.0 Å². The minimum absolute atomic E-state index is 0. The normalized spacial score (nSPS) is 9.94. The molecule has 3 rings (SSSR count). The summed E-state index contributed by atoms with van der Waals surface area (Å²) >= 11 is 19.0. The third kappa shape index (κ3) is 21.1. The second-order valence-electron chi connectivity index (χ2n) is 4.63. The van der Waals surface area contributed by atoms with E-state index in [2.05, 4.69) is 67.7 Å². The number of Topliss-reactive ketones (excluding diaryl/α,β-unsaturated/α-hetero) is 1. The van der Waals surface area contributed by atoms with Crippen LogP contribution in [0.4, 0.5) is 0 Å². The molecular weight excluding hydrogens is 746 g/mol. The number of ketones is 1. The van der Waals surface area contributed by atoms with E-state index < -0.39 is 21.9 Å². The summed E-state index contributed by atoms with van der Waals surface area (Å²) in [5, 5.41) is -2.67. The average molecular weight is 759 g/mol. The molecule has 4 nitrogen and oxygen atoms in total. The Morgan fingerprint density at radius 1 is 0.939 bits per heavy atom. The fourth-order valence-corrected chi connectivity index (χ4v) is 3.67. The van der Waals surface area contributed by atoms with Gasteiger partial charge in [-0.3, -0.25) is 19.2 Å². The standard InChI is InChI=1S/C8H3BrO2S.C6H5BrS.C2Cl2O2.CH4.Al.B.3ClH.K.H/c9-4-1-2-5-6(3-4)12-8(11)7(5)10;7-5-2-1-3-6(8)4-5;3-1(5)2(4)6;;;;;;;;/h1-3H;1-4,8H;;1H4;;;3*1H;;/q;;;;+3;;;;;+1;-1/p-3. The Bertz CT molecular complexity index is 923. The second-order valence-corrected chi connectivity index (χ2v) is 15.1. The van der Waals surface area contributed by atoms with Gasteiger partial charge in [-0.25, -0.2) is 30.1 Å². The molecule has 1 aliphatic rings. The Morgan fingerprint density at radius 2 is 1.39 bits per heavy atom. The van der Waals surface area contributed by atoms with Crippen molar-refractivity contribution in [3.8, 4) is 0 Å². The van der Waals surface area contributed by atoms with E-state index in [9.17, 15) is 19.2 Å². The third-order valence-electron chi connectivity index (χ3n) is 2.54. The predicted molar refractivity (Wildman–Crippen MR) is 149 cm³/mol. The Kier molecular flexibility index (Phi) is 30.4. The zero-order chi connectivity index (χ0) is 23.4. The molecule has 0 saturated heterocycles. The van der Waals surface area contributed by atoms with Crippen molar-refractivity contribution >= 4 is 151 Å². The first-order valence-electron chi connectivity index (χ1n) is 7.17. The maximum atomic E-state index is 11.1. The van der Waals surface area contributed by atoms with Gasteiger partial charge in [0.2, 0.25) is 5.78 Å². The fraction of sp³-hybridized carbons (Fsp3) is 0.0588. The molecule has 1 heterocycles. The molecule has 0 bridgehead atoms. The summed E-state index contributed by atoms with van der Waals surface area (Å²) in [6.45, 7) is 0. The van der Waals surface area contributed by atoms with Gasteiger partial charge in [-0.1, -0.05) is 45.4 Å². The molecule has 1 aliphatic heterocycles. The Hall–Kier alpha value is 2.46. The molecule has 0 spiro atoms. The van der Waals surface area contributed by atoms with E-state index >= 15 is 0 Å². The van der Waals surface area contributed by atoms with E-state index in [1.807, 2.05) is 24.3 Å². The molecule has 0 atom stereocenters. The zero-order valence-corrected chi connectivity index (χ0v) is 28.8. The van der Waals surface area contributed by atoms with Crippen molar-refractivity contribution in [2.24, 2.45) is 0 Å². The topological polar surface area (TPSA) is 68.3 Å². The first kappa shape index (κ1) is 42.5. The van der Waals surface area contributed by atoms with Gasteiger partial charge in [0.25, 0.3) is 5.12 Å². The van der Waals surface area contributed by atoms with Crippen LogP contribution in [0.5, 0.6) is 0 Å². The van der Waals surface area contributed by atoms with Crippen LogP contribution >= 0.6 is 110 Å². The molecule has 0 amide bonds. The van der Waals surface area contributed by atoms with Gasteiger partial charge in [0.05, 0.1) is 0 Å². The molecule has 0 N–H and O–H groups in total. The summed E-state index contributed by atoms with van der Waals surface area (Å²) < 4.78 is 1.96. The third-order valence-corrected chi connectivity index (χ3v) is 5.17. The zero-order valence-electron chi connectivity index (χ0n) is 16.8. The van der Waals surface area contributed by atoms with Crippen molar-refractivity contribution in [2.75, 3.05) is 0 Å². The number of hydrogen-bond donors (Lipinski definition) is 1. The number of thiol groups is 1. The molecule has 0 saturated carbocycles. The molecule has 16 heteroatoms. The van der Waals surface area contributed by atoms with Gasteiger partial charge in [0, 0.05) is 32.7 Å². The van der Waals surface area contributed by atoms with Gasteiger partial charge in [-0.2, -0.15) is 0 Å². The smallest absolute Gasteiger partial charge is 1.00 e. The number of carbonyl (C=O) groups is 4. The van der Waals surface area contributed by atoms with Crippen molar-refractivity contribution in [2.45, 2.75) is 17.2 Å². The number of hydrogen-bond acceptors (Lipinski definition) is 6. The van der Waals surface area contributed by atoms with Crippen molar-refractivity contribution in [1.29, 1.82) is 0 Å². The molecule has 0 unspecified atom stereocenters. The molecule has 33 heavy (non-hydrogen) atoms. The summed E-state index contributed by atoms with van der Waals surface area (Å²) in [4.78, 5) is 42.7. The summed E-state index contributed by atoms with van der Waals surface area (Å²) in [6.07, 6.45) is 0. The van der Waals surface area contributed by atoms with Crippen LogP contribution in [0, 0.1) is 0 Å². The van der Waals surface area contributed by atoms with Crippen LogP contribution in [-0.2, 0) is 14.4 Å². The first-order chi connectivity index (χ1) is 13.8. The van der Waals surface area contributed by atoms with Gasteiger partial charge >= 0.3 is 73.3 Å².